The molecule has 0 fully saturated rings. The van der Waals surface area contributed by atoms with Crippen LogP contribution in [0.3, 0.4) is 0 Å². The number of fused-ring (bicyclic) bond motifs is 3. The van der Waals surface area contributed by atoms with Crippen LogP contribution in [-0.2, 0) is 0 Å². The fraction of sp³-hybridized carbons (Fsp3) is 0. The van der Waals surface area contributed by atoms with E-state index in [1.807, 2.05) is 17.5 Å². The normalized spacial score (nSPS) is 12.2. The van der Waals surface area contributed by atoms with Crippen molar-refractivity contribution in [3.63, 3.8) is 0 Å². The summed E-state index contributed by atoms with van der Waals surface area (Å²) >= 11 is 1.86. The molecule has 0 N–H and O–H groups in total. The fourth-order valence-electron chi connectivity index (χ4n) is 4.49. The second-order valence-electron chi connectivity index (χ2n) is 7.64. The molecule has 6 rings (SSSR count). The van der Waals surface area contributed by atoms with Gasteiger partial charge in [0.2, 0.25) is 0 Å². The minimum atomic E-state index is -1.72. The lowest BCUT2D eigenvalue weighted by Gasteiger charge is -2.42. The van der Waals surface area contributed by atoms with Crippen LogP contribution in [0, 0.1) is 0 Å². The van der Waals surface area contributed by atoms with Crippen molar-refractivity contribution in [3.05, 3.63) is 128 Å². The third-order valence-corrected chi connectivity index (χ3v) is 11.1. The van der Waals surface area contributed by atoms with Gasteiger partial charge in [-0.1, -0.05) is 72.8 Å². The van der Waals surface area contributed by atoms with Crippen molar-refractivity contribution in [2.24, 2.45) is 0 Å². The van der Waals surface area contributed by atoms with E-state index in [-0.39, 0.29) is 0 Å². The average molecular weight is 448 g/mol. The Hall–Kier alpha value is -3.40. The molecule has 1 nitrogen and oxygen atoms in total. The molecule has 154 valence electrons. The van der Waals surface area contributed by atoms with Crippen molar-refractivity contribution in [1.29, 1.82) is 0 Å². The van der Waals surface area contributed by atoms with Gasteiger partial charge in [0.15, 0.2) is 0 Å². The topological polar surface area (TPSA) is 12.9 Å². The molecule has 0 saturated carbocycles. The van der Waals surface area contributed by atoms with Gasteiger partial charge in [-0.25, -0.2) is 0 Å². The Labute approximate surface area is 193 Å². The average Bonchev–Trinajstić information content (AvgIpc) is 3.26. The zero-order valence-electron chi connectivity index (χ0n) is 17.4. The number of nitrogens with zero attached hydrogens (tertiary/aromatic N) is 1. The number of aromatic nitrogens is 1. The lowest BCUT2D eigenvalue weighted by molar-refractivity contribution is 1.25. The van der Waals surface area contributed by atoms with Gasteiger partial charge in [0, 0.05) is 35.9 Å². The molecule has 0 radical (unpaired) electrons. The van der Waals surface area contributed by atoms with Crippen molar-refractivity contribution >= 4 is 41.7 Å². The molecule has 0 atom stereocenters. The van der Waals surface area contributed by atoms with E-state index in [2.05, 4.69) is 121 Å². The summed E-state index contributed by atoms with van der Waals surface area (Å²) in [6.45, 7) is 0. The van der Waals surface area contributed by atoms with E-state index in [4.69, 9.17) is 4.98 Å². The van der Waals surface area contributed by atoms with Crippen LogP contribution in [0.5, 0.6) is 0 Å². The highest BCUT2D eigenvalue weighted by Crippen LogP contribution is 2.74. The van der Waals surface area contributed by atoms with Gasteiger partial charge in [0.25, 0.3) is 0 Å². The Morgan fingerprint density at radius 2 is 1.03 bits per heavy atom. The molecule has 0 bridgehead atoms. The number of hydrogen-bond acceptors (Lipinski definition) is 2. The van der Waals surface area contributed by atoms with E-state index >= 15 is 0 Å². The van der Waals surface area contributed by atoms with Gasteiger partial charge in [-0.3, -0.25) is 4.98 Å². The number of pyridine rings is 1. The van der Waals surface area contributed by atoms with Crippen molar-refractivity contribution in [2.45, 2.75) is 19.6 Å². The second kappa shape index (κ2) is 7.94. The lowest BCUT2D eigenvalue weighted by atomic mass is 10.2. The maximum absolute atomic E-state index is 4.85. The maximum atomic E-state index is 4.85. The molecule has 6 aromatic rings. The Kier molecular flexibility index (Phi) is 4.79. The molecule has 0 aliphatic heterocycles. The summed E-state index contributed by atoms with van der Waals surface area (Å²) in [6.07, 6.45) is 1.99. The minimum Gasteiger partial charge on any atom is -0.255 e. The Bertz CT molecular complexity index is 1410. The van der Waals surface area contributed by atoms with Crippen molar-refractivity contribution in [2.75, 3.05) is 0 Å². The molecular formula is C29H21NS2. The van der Waals surface area contributed by atoms with Gasteiger partial charge >= 0.3 is 0 Å². The third kappa shape index (κ3) is 2.89. The first-order valence-corrected chi connectivity index (χ1v) is 13.1. The molecule has 0 spiro atoms. The summed E-state index contributed by atoms with van der Waals surface area (Å²) < 4.78 is 2.56. The van der Waals surface area contributed by atoms with Gasteiger partial charge < -0.3 is 0 Å². The predicted molar refractivity (Wildman–Crippen MR) is 137 cm³/mol. The lowest BCUT2D eigenvalue weighted by Crippen LogP contribution is -2.05. The standard InChI is InChI=1S/C29H21NS2/c1-4-12-22(13-5-1)32(23-14-6-2-7-15-23,24-16-8-3-9-17-24)27-20-21-30-28-25-18-10-11-19-26(25)31-29(27)28/h1-21H. The summed E-state index contributed by atoms with van der Waals surface area (Å²) in [4.78, 5) is 10.2. The Morgan fingerprint density at radius 1 is 0.531 bits per heavy atom. The molecule has 0 unspecified atom stereocenters. The Balaban J connectivity index is 1.82. The SMILES string of the molecule is c1ccc(S(c2ccccc2)(c2ccccc2)c2ccnc3c2sc2ccccc23)cc1. The largest absolute Gasteiger partial charge is 0.255 e. The van der Waals surface area contributed by atoms with E-state index in [0.717, 1.165) is 5.52 Å². The van der Waals surface area contributed by atoms with Crippen LogP contribution in [-0.4, -0.2) is 4.98 Å². The molecule has 2 aromatic heterocycles. The summed E-state index contributed by atoms with van der Waals surface area (Å²) in [7, 11) is -1.72. The van der Waals surface area contributed by atoms with Crippen LogP contribution < -0.4 is 0 Å². The summed E-state index contributed by atoms with van der Waals surface area (Å²) in [6, 6.07) is 43.8. The van der Waals surface area contributed by atoms with E-state index in [0.29, 0.717) is 0 Å². The highest BCUT2D eigenvalue weighted by molar-refractivity contribution is 8.34. The molecule has 32 heavy (non-hydrogen) atoms. The van der Waals surface area contributed by atoms with E-state index in [1.54, 1.807) is 0 Å². The molecule has 0 saturated heterocycles. The van der Waals surface area contributed by atoms with E-state index < -0.39 is 10.0 Å². The minimum absolute atomic E-state index is 1.10. The number of benzene rings is 4. The van der Waals surface area contributed by atoms with Gasteiger partial charge in [-0.2, -0.15) is 0 Å². The summed E-state index contributed by atoms with van der Waals surface area (Å²) in [5.41, 5.74) is 1.10. The van der Waals surface area contributed by atoms with Crippen LogP contribution in [0.4, 0.5) is 0 Å². The zero-order valence-corrected chi connectivity index (χ0v) is 19.0. The molecule has 0 aliphatic carbocycles. The summed E-state index contributed by atoms with van der Waals surface area (Å²) in [5, 5.41) is 1.23. The second-order valence-corrected chi connectivity index (χ2v) is 11.8. The molecule has 4 aromatic carbocycles. The van der Waals surface area contributed by atoms with Crippen molar-refractivity contribution in [1.82, 2.24) is 4.98 Å². The van der Waals surface area contributed by atoms with Crippen LogP contribution in [0.2, 0.25) is 0 Å². The van der Waals surface area contributed by atoms with Crippen LogP contribution in [0.25, 0.3) is 20.3 Å². The highest BCUT2D eigenvalue weighted by Gasteiger charge is 2.35. The van der Waals surface area contributed by atoms with Crippen LogP contribution >= 0.6 is 21.4 Å². The van der Waals surface area contributed by atoms with Crippen LogP contribution in [0.1, 0.15) is 0 Å². The highest BCUT2D eigenvalue weighted by atomic mass is 32.3. The van der Waals surface area contributed by atoms with Gasteiger partial charge in [0.05, 0.1) is 10.2 Å². The summed E-state index contributed by atoms with van der Waals surface area (Å²) in [5.74, 6) is 0. The third-order valence-electron chi connectivity index (χ3n) is 5.84. The number of hydrogen-bond donors (Lipinski definition) is 0. The van der Waals surface area contributed by atoms with Crippen LogP contribution in [0.15, 0.2) is 147 Å². The smallest absolute Gasteiger partial charge is 0.0899 e. The quantitative estimate of drug-likeness (QED) is 0.263. The monoisotopic (exact) mass is 447 g/mol. The Morgan fingerprint density at radius 3 is 1.59 bits per heavy atom. The number of rotatable bonds is 4. The van der Waals surface area contributed by atoms with Crippen molar-refractivity contribution in [3.8, 4) is 0 Å². The van der Waals surface area contributed by atoms with E-state index in [9.17, 15) is 0 Å². The molecule has 2 heterocycles. The first kappa shape index (κ1) is 19.3. The molecule has 0 aliphatic rings. The number of thiophene rings is 1. The van der Waals surface area contributed by atoms with Gasteiger partial charge in [-0.15, -0.1) is 21.4 Å². The zero-order chi connectivity index (χ0) is 21.4. The molecule has 0 amide bonds. The first-order chi connectivity index (χ1) is 15.9. The maximum Gasteiger partial charge on any atom is 0.0899 e. The molecule has 3 heteroatoms. The van der Waals surface area contributed by atoms with Gasteiger partial charge in [0.1, 0.15) is 0 Å². The van der Waals surface area contributed by atoms with Crippen molar-refractivity contribution < 1.29 is 0 Å². The fourth-order valence-corrected chi connectivity index (χ4v) is 9.97. The van der Waals surface area contributed by atoms with E-state index in [1.165, 1.54) is 34.4 Å². The first-order valence-electron chi connectivity index (χ1n) is 10.6. The molecular weight excluding hydrogens is 426 g/mol. The van der Waals surface area contributed by atoms with Gasteiger partial charge in [-0.05, 0) is 48.5 Å². The predicted octanol–water partition coefficient (Wildman–Crippen LogP) is 8.79.